The van der Waals surface area contributed by atoms with Gasteiger partial charge in [0, 0.05) is 24.4 Å². The summed E-state index contributed by atoms with van der Waals surface area (Å²) < 4.78 is 5.50. The maximum Gasteiger partial charge on any atom is 0.319 e. The van der Waals surface area contributed by atoms with Crippen molar-refractivity contribution >= 4 is 29.4 Å². The Morgan fingerprint density at radius 1 is 1.09 bits per heavy atom. The van der Waals surface area contributed by atoms with Crippen LogP contribution in [0.5, 0.6) is 5.75 Å². The third-order valence-electron chi connectivity index (χ3n) is 6.76. The lowest BCUT2D eigenvalue weighted by Crippen LogP contribution is -2.53. The number of rotatable bonds is 5. The van der Waals surface area contributed by atoms with Crippen molar-refractivity contribution in [3.8, 4) is 5.75 Å². The highest BCUT2D eigenvalue weighted by molar-refractivity contribution is 8.01. The minimum Gasteiger partial charge on any atom is -0.497 e. The van der Waals surface area contributed by atoms with E-state index in [9.17, 15) is 9.59 Å². The molecule has 2 heterocycles. The van der Waals surface area contributed by atoms with Crippen molar-refractivity contribution in [2.75, 3.05) is 24.3 Å². The molecule has 3 aromatic carbocycles. The van der Waals surface area contributed by atoms with Crippen molar-refractivity contribution in [3.05, 3.63) is 94.5 Å². The molecule has 180 valence electrons. The van der Waals surface area contributed by atoms with E-state index in [1.165, 1.54) is 11.8 Å². The fourth-order valence-electron chi connectivity index (χ4n) is 4.93. The third-order valence-corrected chi connectivity index (χ3v) is 8.18. The van der Waals surface area contributed by atoms with Crippen LogP contribution in [-0.4, -0.2) is 36.2 Å². The van der Waals surface area contributed by atoms with Gasteiger partial charge in [-0.2, -0.15) is 0 Å². The maximum atomic E-state index is 14.2. The number of fused-ring (bicyclic) bond motifs is 2. The van der Waals surface area contributed by atoms with Crippen LogP contribution in [0, 0.1) is 13.8 Å². The first-order valence-electron chi connectivity index (χ1n) is 11.7. The Morgan fingerprint density at radius 3 is 2.69 bits per heavy atom. The first-order chi connectivity index (χ1) is 16.9. The quantitative estimate of drug-likeness (QED) is 0.552. The van der Waals surface area contributed by atoms with E-state index >= 15 is 0 Å². The highest BCUT2D eigenvalue weighted by atomic mass is 32.2. The number of aryl methyl sites for hydroxylation is 2. The topological polar surface area (TPSA) is 61.9 Å². The highest BCUT2D eigenvalue weighted by Gasteiger charge is 2.59. The fourth-order valence-corrected chi connectivity index (χ4v) is 6.38. The fraction of sp³-hybridized carbons (Fsp3) is 0.286. The average Bonchev–Trinajstić information content (AvgIpc) is 3.40. The molecule has 1 fully saturated rings. The summed E-state index contributed by atoms with van der Waals surface area (Å²) in [6.07, 6.45) is 0. The molecule has 0 bridgehead atoms. The Labute approximate surface area is 210 Å². The second-order valence-corrected chi connectivity index (χ2v) is 10.3. The van der Waals surface area contributed by atoms with E-state index in [0.29, 0.717) is 31.1 Å². The summed E-state index contributed by atoms with van der Waals surface area (Å²) in [6.45, 7) is 5.43. The summed E-state index contributed by atoms with van der Waals surface area (Å²) in [5.41, 5.74) is 6.01. The second-order valence-electron chi connectivity index (χ2n) is 8.99. The number of methoxy groups -OCH3 is 1. The number of urea groups is 1. The number of hydrogen-bond donors (Lipinski definition) is 1. The van der Waals surface area contributed by atoms with Gasteiger partial charge in [-0.3, -0.25) is 9.69 Å². The summed E-state index contributed by atoms with van der Waals surface area (Å²) in [5.74, 6) is 1.26. The zero-order valence-corrected chi connectivity index (χ0v) is 21.0. The van der Waals surface area contributed by atoms with Gasteiger partial charge in [-0.25, -0.2) is 4.79 Å². The number of ether oxygens (including phenoxy) is 1. The van der Waals surface area contributed by atoms with E-state index in [1.54, 1.807) is 12.0 Å². The lowest BCUT2D eigenvalue weighted by atomic mass is 10.1. The second kappa shape index (κ2) is 9.30. The van der Waals surface area contributed by atoms with Crippen LogP contribution in [0.15, 0.2) is 66.7 Å². The molecule has 35 heavy (non-hydrogen) atoms. The predicted molar refractivity (Wildman–Crippen MR) is 140 cm³/mol. The van der Waals surface area contributed by atoms with E-state index in [0.717, 1.165) is 33.5 Å². The van der Waals surface area contributed by atoms with Crippen LogP contribution in [0.1, 0.15) is 27.8 Å². The van der Waals surface area contributed by atoms with E-state index in [4.69, 9.17) is 4.74 Å². The van der Waals surface area contributed by atoms with E-state index in [-0.39, 0.29) is 11.9 Å². The molecular weight excluding hydrogens is 458 g/mol. The Hall–Kier alpha value is -3.45. The van der Waals surface area contributed by atoms with E-state index in [2.05, 4.69) is 24.4 Å². The molecule has 1 saturated heterocycles. The number of carbonyl (C=O) groups is 2. The molecule has 6 nitrogen and oxygen atoms in total. The summed E-state index contributed by atoms with van der Waals surface area (Å²) in [7, 11) is 1.62. The number of nitrogens with one attached hydrogen (secondary N) is 1. The number of carbonyl (C=O) groups excluding carboxylic acids is 2. The number of benzene rings is 3. The molecule has 3 aromatic rings. The smallest absolute Gasteiger partial charge is 0.319 e. The number of amides is 3. The van der Waals surface area contributed by atoms with Crippen LogP contribution < -0.4 is 15.0 Å². The first kappa shape index (κ1) is 23.3. The Morgan fingerprint density at radius 2 is 1.91 bits per heavy atom. The zero-order valence-electron chi connectivity index (χ0n) is 20.2. The molecule has 1 N–H and O–H groups in total. The molecule has 0 radical (unpaired) electrons. The molecule has 1 spiro atoms. The molecule has 5 rings (SSSR count). The maximum absolute atomic E-state index is 14.2. The van der Waals surface area contributed by atoms with Gasteiger partial charge in [0.25, 0.3) is 5.91 Å². The SMILES string of the molecule is COc1ccc2c(c1)C1(SCCN1C(=O)NCc1cccc(C)c1)C(=O)N2Cc1ccccc1C. The van der Waals surface area contributed by atoms with E-state index in [1.807, 2.05) is 66.4 Å². The summed E-state index contributed by atoms with van der Waals surface area (Å²) in [5, 5.41) is 3.04. The lowest BCUT2D eigenvalue weighted by Gasteiger charge is -2.33. The van der Waals surface area contributed by atoms with Crippen molar-refractivity contribution in [1.29, 1.82) is 0 Å². The monoisotopic (exact) mass is 487 g/mol. The van der Waals surface area contributed by atoms with Crippen LogP contribution in [0.25, 0.3) is 0 Å². The average molecular weight is 488 g/mol. The normalized spacial score (nSPS) is 18.8. The largest absolute Gasteiger partial charge is 0.497 e. The van der Waals surface area contributed by atoms with Gasteiger partial charge < -0.3 is 15.0 Å². The number of thioether (sulfide) groups is 1. The first-order valence-corrected chi connectivity index (χ1v) is 12.7. The van der Waals surface area contributed by atoms with Crippen LogP contribution in [0.4, 0.5) is 10.5 Å². The third kappa shape index (κ3) is 4.04. The van der Waals surface area contributed by atoms with Gasteiger partial charge >= 0.3 is 6.03 Å². The standard InChI is InChI=1S/C28H29N3O3S/c1-19-7-6-9-21(15-19)17-29-27(33)31-13-14-35-28(31)24-16-23(34-3)11-12-25(24)30(26(28)32)18-22-10-5-4-8-20(22)2/h4-12,15-16H,13-14,17-18H2,1-3H3,(H,29,33). The van der Waals surface area contributed by atoms with Gasteiger partial charge in [0.2, 0.25) is 0 Å². The predicted octanol–water partition coefficient (Wildman–Crippen LogP) is 4.97. The van der Waals surface area contributed by atoms with Crippen LogP contribution in [0.3, 0.4) is 0 Å². The van der Waals surface area contributed by atoms with Gasteiger partial charge in [-0.1, -0.05) is 54.1 Å². The van der Waals surface area contributed by atoms with Crippen molar-refractivity contribution in [2.24, 2.45) is 0 Å². The Balaban J connectivity index is 1.49. The molecular formula is C28H29N3O3S. The molecule has 0 aliphatic carbocycles. The van der Waals surface area contributed by atoms with Crippen molar-refractivity contribution in [3.63, 3.8) is 0 Å². The minimum absolute atomic E-state index is 0.0859. The Kier molecular flexibility index (Phi) is 6.19. The van der Waals surface area contributed by atoms with Crippen LogP contribution >= 0.6 is 11.8 Å². The van der Waals surface area contributed by atoms with Crippen molar-refractivity contribution < 1.29 is 14.3 Å². The van der Waals surface area contributed by atoms with Crippen molar-refractivity contribution in [1.82, 2.24) is 10.2 Å². The van der Waals surface area contributed by atoms with E-state index < -0.39 is 4.87 Å². The molecule has 1 unspecified atom stereocenters. The minimum atomic E-state index is -1.11. The van der Waals surface area contributed by atoms with Gasteiger partial charge in [-0.05, 0) is 48.7 Å². The number of anilines is 1. The van der Waals surface area contributed by atoms with Crippen LogP contribution in [-0.2, 0) is 22.8 Å². The number of nitrogens with zero attached hydrogens (tertiary/aromatic N) is 2. The summed E-state index contributed by atoms with van der Waals surface area (Å²) in [6, 6.07) is 21.6. The Bertz CT molecular complexity index is 1290. The van der Waals surface area contributed by atoms with Gasteiger partial charge in [0.05, 0.1) is 19.3 Å². The molecule has 0 saturated carbocycles. The highest BCUT2D eigenvalue weighted by Crippen LogP contribution is 2.55. The van der Waals surface area contributed by atoms with Crippen molar-refractivity contribution in [2.45, 2.75) is 31.8 Å². The number of hydrogen-bond acceptors (Lipinski definition) is 4. The molecule has 1 atom stereocenters. The molecule has 2 aliphatic heterocycles. The summed E-state index contributed by atoms with van der Waals surface area (Å²) in [4.78, 5) is 30.1. The lowest BCUT2D eigenvalue weighted by molar-refractivity contribution is -0.123. The molecule has 0 aromatic heterocycles. The van der Waals surface area contributed by atoms with Gasteiger partial charge in [0.1, 0.15) is 5.75 Å². The zero-order chi connectivity index (χ0) is 24.6. The van der Waals surface area contributed by atoms with Crippen LogP contribution in [0.2, 0.25) is 0 Å². The molecule has 2 aliphatic rings. The molecule has 7 heteroatoms. The summed E-state index contributed by atoms with van der Waals surface area (Å²) >= 11 is 1.52. The van der Waals surface area contributed by atoms with Gasteiger partial charge in [-0.15, -0.1) is 11.8 Å². The van der Waals surface area contributed by atoms with Gasteiger partial charge in [0.15, 0.2) is 4.87 Å². The molecule has 3 amide bonds.